The average Bonchev–Trinajstić information content (AvgIpc) is 2.12. The van der Waals surface area contributed by atoms with Crippen molar-refractivity contribution in [2.75, 3.05) is 0 Å². The van der Waals surface area contributed by atoms with Crippen molar-refractivity contribution >= 4 is 5.97 Å². The average molecular weight is 198 g/mol. The fraction of sp³-hybridized carbons (Fsp3) is 0.300. The van der Waals surface area contributed by atoms with Gasteiger partial charge in [0.1, 0.15) is 0 Å². The van der Waals surface area contributed by atoms with Gasteiger partial charge in [0.15, 0.2) is 11.6 Å². The summed E-state index contributed by atoms with van der Waals surface area (Å²) in [5.41, 5.74) is 0.641. The monoisotopic (exact) mass is 198 g/mol. The Morgan fingerprint density at radius 2 is 2.07 bits per heavy atom. The highest BCUT2D eigenvalue weighted by molar-refractivity contribution is 5.75. The molecule has 0 aromatic heterocycles. The van der Waals surface area contributed by atoms with Crippen LogP contribution >= 0.6 is 0 Å². The minimum atomic E-state index is -1.00. The van der Waals surface area contributed by atoms with Crippen molar-refractivity contribution in [3.8, 4) is 5.75 Å². The van der Waals surface area contributed by atoms with Gasteiger partial charge in [0.05, 0.1) is 5.92 Å². The van der Waals surface area contributed by atoms with Crippen LogP contribution in [0.2, 0.25) is 0 Å². The maximum Gasteiger partial charge on any atom is 0.310 e. The van der Waals surface area contributed by atoms with Crippen LogP contribution in [0, 0.1) is 12.7 Å². The molecule has 1 unspecified atom stereocenters. The molecule has 0 amide bonds. The highest BCUT2D eigenvalue weighted by atomic mass is 19.1. The highest BCUT2D eigenvalue weighted by Crippen LogP contribution is 2.25. The molecule has 0 heterocycles. The molecular formula is C10H11FO3. The van der Waals surface area contributed by atoms with Crippen molar-refractivity contribution in [3.63, 3.8) is 0 Å². The first-order valence-corrected chi connectivity index (χ1v) is 4.15. The smallest absolute Gasteiger partial charge is 0.310 e. The van der Waals surface area contributed by atoms with Gasteiger partial charge in [-0.3, -0.25) is 4.79 Å². The minimum absolute atomic E-state index is 0.244. The molecule has 76 valence electrons. The Morgan fingerprint density at radius 1 is 1.50 bits per heavy atom. The van der Waals surface area contributed by atoms with E-state index in [1.54, 1.807) is 0 Å². The topological polar surface area (TPSA) is 57.5 Å². The zero-order valence-corrected chi connectivity index (χ0v) is 7.91. The fourth-order valence-electron chi connectivity index (χ4n) is 1.17. The van der Waals surface area contributed by atoms with E-state index in [1.807, 2.05) is 0 Å². The van der Waals surface area contributed by atoms with E-state index in [2.05, 4.69) is 0 Å². The molecule has 0 spiro atoms. The van der Waals surface area contributed by atoms with Crippen LogP contribution in [-0.2, 0) is 4.79 Å². The quantitative estimate of drug-likeness (QED) is 0.764. The predicted octanol–water partition coefficient (Wildman–Crippen LogP) is 2.03. The molecule has 0 bridgehead atoms. The first kappa shape index (κ1) is 10.5. The lowest BCUT2D eigenvalue weighted by Crippen LogP contribution is -2.07. The summed E-state index contributed by atoms with van der Waals surface area (Å²) < 4.78 is 13.0. The summed E-state index contributed by atoms with van der Waals surface area (Å²) in [7, 11) is 0. The van der Waals surface area contributed by atoms with Crippen molar-refractivity contribution < 1.29 is 19.4 Å². The van der Waals surface area contributed by atoms with Crippen molar-refractivity contribution in [3.05, 3.63) is 29.1 Å². The van der Waals surface area contributed by atoms with Crippen LogP contribution in [0.4, 0.5) is 4.39 Å². The molecule has 1 atom stereocenters. The SMILES string of the molecule is Cc1cc(C(C)C(=O)O)cc(O)c1F. The molecule has 0 saturated heterocycles. The van der Waals surface area contributed by atoms with Gasteiger partial charge >= 0.3 is 5.97 Å². The molecule has 0 aliphatic heterocycles. The summed E-state index contributed by atoms with van der Waals surface area (Å²) in [6, 6.07) is 2.56. The van der Waals surface area contributed by atoms with Gasteiger partial charge in [-0.05, 0) is 31.0 Å². The zero-order chi connectivity index (χ0) is 10.9. The Kier molecular flexibility index (Phi) is 2.74. The van der Waals surface area contributed by atoms with Gasteiger partial charge < -0.3 is 10.2 Å². The van der Waals surface area contributed by atoms with E-state index in [1.165, 1.54) is 19.9 Å². The number of phenolic OH excluding ortho intramolecular Hbond substituents is 1. The number of benzene rings is 1. The number of carbonyl (C=O) groups is 1. The largest absolute Gasteiger partial charge is 0.505 e. The van der Waals surface area contributed by atoms with Crippen LogP contribution in [0.5, 0.6) is 5.75 Å². The van der Waals surface area contributed by atoms with E-state index in [0.717, 1.165) is 6.07 Å². The van der Waals surface area contributed by atoms with E-state index in [0.29, 0.717) is 5.56 Å². The second-order valence-electron chi connectivity index (χ2n) is 3.23. The standard InChI is InChI=1S/C10H11FO3/c1-5-3-7(6(2)10(13)14)4-8(12)9(5)11/h3-4,6,12H,1-2H3,(H,13,14). The second-order valence-corrected chi connectivity index (χ2v) is 3.23. The lowest BCUT2D eigenvalue weighted by molar-refractivity contribution is -0.138. The molecular weight excluding hydrogens is 187 g/mol. The Bertz CT molecular complexity index is 351. The zero-order valence-electron chi connectivity index (χ0n) is 7.91. The molecule has 2 N–H and O–H groups in total. The second kappa shape index (κ2) is 3.65. The van der Waals surface area contributed by atoms with E-state index < -0.39 is 23.5 Å². The Hall–Kier alpha value is -1.58. The number of aryl methyl sites for hydroxylation is 1. The number of hydrogen-bond donors (Lipinski definition) is 2. The predicted molar refractivity (Wildman–Crippen MR) is 48.9 cm³/mol. The van der Waals surface area contributed by atoms with Gasteiger partial charge in [0, 0.05) is 0 Å². The van der Waals surface area contributed by atoms with Crippen LogP contribution < -0.4 is 0 Å². The third kappa shape index (κ3) is 1.84. The van der Waals surface area contributed by atoms with E-state index in [-0.39, 0.29) is 5.56 Å². The van der Waals surface area contributed by atoms with Gasteiger partial charge in [-0.15, -0.1) is 0 Å². The first-order chi connectivity index (χ1) is 6.43. The van der Waals surface area contributed by atoms with Gasteiger partial charge in [0.2, 0.25) is 0 Å². The molecule has 1 rings (SSSR count). The number of carboxylic acid groups (broad SMARTS) is 1. The maximum atomic E-state index is 13.0. The molecule has 1 aromatic carbocycles. The third-order valence-corrected chi connectivity index (χ3v) is 2.13. The molecule has 3 nitrogen and oxygen atoms in total. The summed E-state index contributed by atoms with van der Waals surface area (Å²) in [5.74, 6) is -2.96. The van der Waals surface area contributed by atoms with E-state index in [4.69, 9.17) is 10.2 Å². The van der Waals surface area contributed by atoms with Crippen molar-refractivity contribution in [1.82, 2.24) is 0 Å². The van der Waals surface area contributed by atoms with Gasteiger partial charge in [-0.2, -0.15) is 0 Å². The van der Waals surface area contributed by atoms with Crippen LogP contribution in [0.25, 0.3) is 0 Å². The molecule has 0 saturated carbocycles. The summed E-state index contributed by atoms with van der Waals surface area (Å²) in [6.07, 6.45) is 0. The third-order valence-electron chi connectivity index (χ3n) is 2.13. The number of rotatable bonds is 2. The summed E-state index contributed by atoms with van der Waals surface area (Å²) in [6.45, 7) is 2.96. The van der Waals surface area contributed by atoms with Crippen LogP contribution in [-0.4, -0.2) is 16.2 Å². The maximum absolute atomic E-state index is 13.0. The van der Waals surface area contributed by atoms with Gasteiger partial charge in [-0.1, -0.05) is 6.07 Å². The van der Waals surface area contributed by atoms with Crippen LogP contribution in [0.15, 0.2) is 12.1 Å². The fourth-order valence-corrected chi connectivity index (χ4v) is 1.17. The van der Waals surface area contributed by atoms with E-state index in [9.17, 15) is 9.18 Å². The number of aromatic hydroxyl groups is 1. The summed E-state index contributed by atoms with van der Waals surface area (Å²) in [4.78, 5) is 10.6. The lowest BCUT2D eigenvalue weighted by atomic mass is 9.99. The molecule has 0 aliphatic carbocycles. The molecule has 4 heteroatoms. The number of halogens is 1. The Labute approximate surface area is 80.8 Å². The molecule has 1 aromatic rings. The van der Waals surface area contributed by atoms with Crippen LogP contribution in [0.1, 0.15) is 24.0 Å². The highest BCUT2D eigenvalue weighted by Gasteiger charge is 2.16. The van der Waals surface area contributed by atoms with Crippen molar-refractivity contribution in [1.29, 1.82) is 0 Å². The number of hydrogen-bond acceptors (Lipinski definition) is 2. The Morgan fingerprint density at radius 3 is 2.50 bits per heavy atom. The number of carboxylic acids is 1. The van der Waals surface area contributed by atoms with E-state index >= 15 is 0 Å². The normalized spacial score (nSPS) is 12.5. The molecule has 0 fully saturated rings. The molecule has 14 heavy (non-hydrogen) atoms. The molecule has 0 radical (unpaired) electrons. The van der Waals surface area contributed by atoms with Gasteiger partial charge in [0.25, 0.3) is 0 Å². The van der Waals surface area contributed by atoms with Crippen molar-refractivity contribution in [2.45, 2.75) is 19.8 Å². The summed E-state index contributed by atoms with van der Waals surface area (Å²) in [5, 5.41) is 17.9. The number of aliphatic carboxylic acids is 1. The summed E-state index contributed by atoms with van der Waals surface area (Å²) >= 11 is 0. The van der Waals surface area contributed by atoms with Crippen LogP contribution in [0.3, 0.4) is 0 Å². The number of phenols is 1. The lowest BCUT2D eigenvalue weighted by Gasteiger charge is -2.09. The first-order valence-electron chi connectivity index (χ1n) is 4.15. The minimum Gasteiger partial charge on any atom is -0.505 e. The molecule has 0 aliphatic rings. The Balaban J connectivity index is 3.19. The van der Waals surface area contributed by atoms with Gasteiger partial charge in [-0.25, -0.2) is 4.39 Å². The van der Waals surface area contributed by atoms with Crippen molar-refractivity contribution in [2.24, 2.45) is 0 Å².